The summed E-state index contributed by atoms with van der Waals surface area (Å²) in [5, 5.41) is 10.7. The Hall–Kier alpha value is -3.19. The molecule has 0 atom stereocenters. The van der Waals surface area contributed by atoms with Crippen LogP contribution in [0.1, 0.15) is 30.1 Å². The van der Waals surface area contributed by atoms with Crippen molar-refractivity contribution in [3.8, 4) is 17.2 Å². The molecule has 0 radical (unpaired) electrons. The van der Waals surface area contributed by atoms with E-state index in [0.717, 1.165) is 6.07 Å². The molecule has 29 heavy (non-hydrogen) atoms. The molecule has 1 heterocycles. The summed E-state index contributed by atoms with van der Waals surface area (Å²) in [6.45, 7) is 1.35. The van der Waals surface area contributed by atoms with Crippen molar-refractivity contribution < 1.29 is 23.8 Å². The zero-order valence-electron chi connectivity index (χ0n) is 15.7. The summed E-state index contributed by atoms with van der Waals surface area (Å²) in [7, 11) is 1.46. The average Bonchev–Trinajstić information content (AvgIpc) is 2.67. The number of hydrogen-bond donors (Lipinski definition) is 1. The van der Waals surface area contributed by atoms with Crippen LogP contribution in [-0.2, 0) is 11.8 Å². The summed E-state index contributed by atoms with van der Waals surface area (Å²) >= 11 is 5.65. The maximum Gasteiger partial charge on any atom is 0.265 e. The molecule has 8 heteroatoms. The molecule has 0 spiro atoms. The number of aryl methyl sites for hydroxylation is 1. The Bertz CT molecular complexity index is 1200. The van der Waals surface area contributed by atoms with Gasteiger partial charge in [-0.25, -0.2) is 4.39 Å². The van der Waals surface area contributed by atoms with Crippen LogP contribution in [0.25, 0.3) is 10.9 Å². The van der Waals surface area contributed by atoms with Gasteiger partial charge in [0.25, 0.3) is 5.56 Å². The molecule has 1 aromatic heterocycles. The maximum atomic E-state index is 13.6. The number of Topliss-reactive ketones (excluding diaryl/α,β-unsaturated/α-hetero) is 2. The number of ether oxygens (including phenoxy) is 1. The lowest BCUT2D eigenvalue weighted by Crippen LogP contribution is -2.25. The molecule has 0 fully saturated rings. The van der Waals surface area contributed by atoms with Crippen molar-refractivity contribution in [3.05, 3.63) is 63.2 Å². The minimum absolute atomic E-state index is 0.0100. The highest BCUT2D eigenvalue weighted by atomic mass is 35.5. The van der Waals surface area contributed by atoms with Crippen molar-refractivity contribution in [2.45, 2.75) is 19.8 Å². The molecule has 2 aromatic carbocycles. The molecule has 0 aliphatic carbocycles. The van der Waals surface area contributed by atoms with E-state index in [0.29, 0.717) is 11.3 Å². The minimum atomic E-state index is -0.682. The molecule has 0 amide bonds. The Balaban J connectivity index is 2.03. The first-order chi connectivity index (χ1) is 13.7. The fourth-order valence-corrected chi connectivity index (χ4v) is 3.03. The first-order valence-corrected chi connectivity index (χ1v) is 9.08. The smallest absolute Gasteiger partial charge is 0.265 e. The van der Waals surface area contributed by atoms with Crippen molar-refractivity contribution in [1.29, 1.82) is 0 Å². The van der Waals surface area contributed by atoms with Crippen LogP contribution in [0.4, 0.5) is 4.39 Å². The molecular formula is C21H17ClFNO5. The van der Waals surface area contributed by atoms with Crippen LogP contribution < -0.4 is 10.3 Å². The van der Waals surface area contributed by atoms with E-state index in [-0.39, 0.29) is 40.3 Å². The van der Waals surface area contributed by atoms with Gasteiger partial charge in [-0.05, 0) is 31.2 Å². The highest BCUT2D eigenvalue weighted by molar-refractivity contribution is 6.30. The third kappa shape index (κ3) is 4.14. The quantitative estimate of drug-likeness (QED) is 0.601. The van der Waals surface area contributed by atoms with Gasteiger partial charge in [-0.3, -0.25) is 9.59 Å². The van der Waals surface area contributed by atoms with Crippen LogP contribution in [-0.4, -0.2) is 21.2 Å². The van der Waals surface area contributed by atoms with E-state index >= 15 is 0 Å². The number of rotatable bonds is 6. The lowest BCUT2D eigenvalue weighted by Gasteiger charge is -2.13. The highest BCUT2D eigenvalue weighted by Crippen LogP contribution is 2.32. The van der Waals surface area contributed by atoms with Crippen LogP contribution in [0.2, 0.25) is 5.02 Å². The van der Waals surface area contributed by atoms with Crippen LogP contribution in [0.15, 0.2) is 41.2 Å². The van der Waals surface area contributed by atoms with Gasteiger partial charge in [-0.15, -0.1) is 0 Å². The van der Waals surface area contributed by atoms with E-state index in [4.69, 9.17) is 16.3 Å². The Kier molecular flexibility index (Phi) is 5.70. The molecule has 0 bridgehead atoms. The van der Waals surface area contributed by atoms with Gasteiger partial charge in [-0.1, -0.05) is 11.6 Å². The predicted octanol–water partition coefficient (Wildman–Crippen LogP) is 4.38. The molecule has 1 N–H and O–H groups in total. The number of pyridine rings is 1. The molecule has 3 rings (SSSR count). The lowest BCUT2D eigenvalue weighted by molar-refractivity contribution is -0.116. The maximum absolute atomic E-state index is 13.6. The SMILES string of the molecule is CC(=O)CCC(=O)c1c(O)c2ccc(Oc3ccc(Cl)c(F)c3)cc2n(C)c1=O. The number of carbonyl (C=O) groups excluding carboxylic acids is 2. The molecule has 3 aromatic rings. The van der Waals surface area contributed by atoms with E-state index in [1.165, 1.54) is 48.9 Å². The summed E-state index contributed by atoms with van der Waals surface area (Å²) in [6.07, 6.45) is -0.170. The highest BCUT2D eigenvalue weighted by Gasteiger charge is 2.21. The van der Waals surface area contributed by atoms with E-state index in [1.807, 2.05) is 0 Å². The second-order valence-electron chi connectivity index (χ2n) is 6.57. The van der Waals surface area contributed by atoms with Gasteiger partial charge in [0.15, 0.2) is 5.78 Å². The van der Waals surface area contributed by atoms with Crippen LogP contribution >= 0.6 is 11.6 Å². The Morgan fingerprint density at radius 3 is 2.45 bits per heavy atom. The molecule has 0 aliphatic heterocycles. The number of halogens is 2. The van der Waals surface area contributed by atoms with E-state index in [9.17, 15) is 23.9 Å². The van der Waals surface area contributed by atoms with E-state index in [1.54, 1.807) is 0 Å². The summed E-state index contributed by atoms with van der Waals surface area (Å²) in [6, 6.07) is 8.47. The topological polar surface area (TPSA) is 85.6 Å². The van der Waals surface area contributed by atoms with Gasteiger partial charge in [0, 0.05) is 37.4 Å². The zero-order valence-corrected chi connectivity index (χ0v) is 16.4. The molecule has 0 unspecified atom stereocenters. The van der Waals surface area contributed by atoms with Gasteiger partial charge in [0.1, 0.15) is 34.4 Å². The fraction of sp³-hybridized carbons (Fsp3) is 0.190. The lowest BCUT2D eigenvalue weighted by atomic mass is 10.0. The van der Waals surface area contributed by atoms with Gasteiger partial charge < -0.3 is 19.2 Å². The normalized spacial score (nSPS) is 10.9. The third-order valence-corrected chi connectivity index (χ3v) is 4.76. The van der Waals surface area contributed by atoms with E-state index < -0.39 is 22.9 Å². The molecular weight excluding hydrogens is 401 g/mol. The standard InChI is InChI=1S/C21H17ClFNO5/c1-11(25)3-8-18(26)19-20(27)14-6-4-13(10-17(14)24(2)21(19)28)29-12-5-7-15(22)16(23)9-12/h4-7,9-10,27H,3,8H2,1-2H3. The monoisotopic (exact) mass is 417 g/mol. The minimum Gasteiger partial charge on any atom is -0.506 e. The summed E-state index contributed by atoms with van der Waals surface area (Å²) in [5.41, 5.74) is -0.713. The van der Waals surface area contributed by atoms with Crippen LogP contribution in [0, 0.1) is 5.82 Å². The Labute approximate surface area is 170 Å². The number of benzene rings is 2. The molecule has 0 saturated carbocycles. The van der Waals surface area contributed by atoms with Gasteiger partial charge in [-0.2, -0.15) is 0 Å². The number of carbonyl (C=O) groups is 2. The first kappa shape index (κ1) is 20.5. The number of ketones is 2. The van der Waals surface area contributed by atoms with Crippen LogP contribution in [0.3, 0.4) is 0 Å². The van der Waals surface area contributed by atoms with Crippen molar-refractivity contribution >= 4 is 34.1 Å². The van der Waals surface area contributed by atoms with Gasteiger partial charge in [0.2, 0.25) is 0 Å². The number of aromatic hydroxyl groups is 1. The zero-order chi connectivity index (χ0) is 21.3. The van der Waals surface area contributed by atoms with Gasteiger partial charge in [0.05, 0.1) is 10.5 Å². The van der Waals surface area contributed by atoms with E-state index in [2.05, 4.69) is 0 Å². The van der Waals surface area contributed by atoms with Crippen LogP contribution in [0.5, 0.6) is 17.2 Å². The number of hydrogen-bond acceptors (Lipinski definition) is 5. The van der Waals surface area contributed by atoms with Crippen molar-refractivity contribution in [3.63, 3.8) is 0 Å². The Morgan fingerprint density at radius 2 is 1.79 bits per heavy atom. The second-order valence-corrected chi connectivity index (χ2v) is 6.98. The predicted molar refractivity (Wildman–Crippen MR) is 107 cm³/mol. The molecule has 6 nitrogen and oxygen atoms in total. The second kappa shape index (κ2) is 8.05. The number of fused-ring (bicyclic) bond motifs is 1. The molecule has 150 valence electrons. The first-order valence-electron chi connectivity index (χ1n) is 8.70. The fourth-order valence-electron chi connectivity index (χ4n) is 2.91. The number of aromatic nitrogens is 1. The summed E-state index contributed by atoms with van der Waals surface area (Å²) in [5.74, 6) is -1.36. The average molecular weight is 418 g/mol. The molecule has 0 aliphatic rings. The van der Waals surface area contributed by atoms with Gasteiger partial charge >= 0.3 is 0 Å². The number of nitrogens with zero attached hydrogens (tertiary/aromatic N) is 1. The molecule has 0 saturated heterocycles. The largest absolute Gasteiger partial charge is 0.506 e. The van der Waals surface area contributed by atoms with Crippen molar-refractivity contribution in [1.82, 2.24) is 4.57 Å². The summed E-state index contributed by atoms with van der Waals surface area (Å²) < 4.78 is 20.4. The third-order valence-electron chi connectivity index (χ3n) is 4.45. The van der Waals surface area contributed by atoms with Crippen molar-refractivity contribution in [2.75, 3.05) is 0 Å². The van der Waals surface area contributed by atoms with Crippen molar-refractivity contribution in [2.24, 2.45) is 7.05 Å². The summed E-state index contributed by atoms with van der Waals surface area (Å²) in [4.78, 5) is 36.1. The Morgan fingerprint density at radius 1 is 1.14 bits per heavy atom.